The molecule has 0 radical (unpaired) electrons. The normalized spacial score (nSPS) is 9.80. The highest BCUT2D eigenvalue weighted by molar-refractivity contribution is 4.99. The van der Waals surface area contributed by atoms with Gasteiger partial charge in [0.25, 0.3) is 5.56 Å². The number of aromatic nitrogens is 2. The number of hydrogen-bond acceptors (Lipinski definition) is 3. The van der Waals surface area contributed by atoms with E-state index in [4.69, 9.17) is 5.11 Å². The second-order valence-corrected chi connectivity index (χ2v) is 1.99. The number of aryl methyl sites for hydroxylation is 1. The van der Waals surface area contributed by atoms with E-state index in [0.717, 1.165) is 0 Å². The van der Waals surface area contributed by atoms with Crippen molar-refractivity contribution in [1.82, 2.24) is 9.97 Å². The van der Waals surface area contributed by atoms with E-state index in [0.29, 0.717) is 11.5 Å². The molecule has 0 saturated heterocycles. The molecular formula is C6H8N2O2. The molecule has 0 unspecified atom stereocenters. The zero-order chi connectivity index (χ0) is 7.56. The van der Waals surface area contributed by atoms with Gasteiger partial charge in [0.2, 0.25) is 0 Å². The van der Waals surface area contributed by atoms with Crippen LogP contribution in [0.3, 0.4) is 0 Å². The van der Waals surface area contributed by atoms with Gasteiger partial charge in [-0.05, 0) is 6.92 Å². The molecule has 4 heteroatoms. The molecule has 0 fully saturated rings. The Morgan fingerprint density at radius 2 is 2.50 bits per heavy atom. The summed E-state index contributed by atoms with van der Waals surface area (Å²) in [5, 5.41) is 8.55. The summed E-state index contributed by atoms with van der Waals surface area (Å²) >= 11 is 0. The summed E-state index contributed by atoms with van der Waals surface area (Å²) in [5.74, 6) is 0.310. The molecule has 1 aromatic heterocycles. The average Bonchev–Trinajstić information content (AvgIpc) is 1.85. The van der Waals surface area contributed by atoms with E-state index in [9.17, 15) is 4.79 Å². The summed E-state index contributed by atoms with van der Waals surface area (Å²) in [5.41, 5.74) is 0.393. The van der Waals surface area contributed by atoms with Crippen molar-refractivity contribution in [3.05, 3.63) is 27.9 Å². The quantitative estimate of drug-likeness (QED) is 0.556. The van der Waals surface area contributed by atoms with Crippen molar-refractivity contribution in [3.8, 4) is 0 Å². The Hall–Kier alpha value is -1.16. The molecule has 0 aliphatic heterocycles. The molecule has 54 valence electrons. The van der Waals surface area contributed by atoms with E-state index < -0.39 is 0 Å². The summed E-state index contributed by atoms with van der Waals surface area (Å²) in [6.45, 7) is 1.48. The van der Waals surface area contributed by atoms with Crippen molar-refractivity contribution in [2.45, 2.75) is 13.5 Å². The lowest BCUT2D eigenvalue weighted by Gasteiger charge is -1.94. The van der Waals surface area contributed by atoms with Gasteiger partial charge in [-0.1, -0.05) is 0 Å². The van der Waals surface area contributed by atoms with E-state index in [-0.39, 0.29) is 12.2 Å². The van der Waals surface area contributed by atoms with Crippen LogP contribution in [0.15, 0.2) is 10.9 Å². The van der Waals surface area contributed by atoms with Crippen molar-refractivity contribution in [2.24, 2.45) is 0 Å². The van der Waals surface area contributed by atoms with Crippen LogP contribution < -0.4 is 5.56 Å². The van der Waals surface area contributed by atoms with Crippen LogP contribution in [-0.2, 0) is 6.61 Å². The Morgan fingerprint density at radius 3 is 3.00 bits per heavy atom. The maximum Gasteiger partial charge on any atom is 0.251 e. The number of nitrogens with one attached hydrogen (secondary N) is 1. The minimum absolute atomic E-state index is 0.225. The third-order valence-corrected chi connectivity index (χ3v) is 1.07. The number of aromatic amines is 1. The second-order valence-electron chi connectivity index (χ2n) is 1.99. The first-order chi connectivity index (χ1) is 4.72. The molecular weight excluding hydrogens is 132 g/mol. The third kappa shape index (κ3) is 1.41. The number of aliphatic hydroxyl groups excluding tert-OH is 1. The maximum atomic E-state index is 10.7. The number of nitrogens with zero attached hydrogens (tertiary/aromatic N) is 1. The second kappa shape index (κ2) is 2.62. The van der Waals surface area contributed by atoms with Gasteiger partial charge in [0.15, 0.2) is 0 Å². The largest absolute Gasteiger partial charge is 0.388 e. The minimum Gasteiger partial charge on any atom is -0.388 e. The van der Waals surface area contributed by atoms with E-state index in [1.165, 1.54) is 6.07 Å². The Labute approximate surface area is 57.6 Å². The van der Waals surface area contributed by atoms with E-state index in [1.54, 1.807) is 6.92 Å². The zero-order valence-corrected chi connectivity index (χ0v) is 5.59. The number of H-pyrrole nitrogens is 1. The highest BCUT2D eigenvalue weighted by atomic mass is 16.3. The van der Waals surface area contributed by atoms with Crippen LogP contribution >= 0.6 is 0 Å². The highest BCUT2D eigenvalue weighted by Crippen LogP contribution is 1.87. The summed E-state index contributed by atoms with van der Waals surface area (Å²) in [4.78, 5) is 16.9. The van der Waals surface area contributed by atoms with Gasteiger partial charge in [0.05, 0.1) is 0 Å². The molecule has 0 bridgehead atoms. The van der Waals surface area contributed by atoms with Crippen molar-refractivity contribution in [1.29, 1.82) is 0 Å². The van der Waals surface area contributed by atoms with Gasteiger partial charge in [0, 0.05) is 11.8 Å². The fraction of sp³-hybridized carbons (Fsp3) is 0.333. The van der Waals surface area contributed by atoms with Gasteiger partial charge in [0.1, 0.15) is 12.4 Å². The standard InChI is InChI=1S/C6H8N2O2/c1-4-2-6(10)8-5(3-9)7-4/h2,9H,3H2,1H3,(H,7,8,10). The van der Waals surface area contributed by atoms with Gasteiger partial charge < -0.3 is 10.1 Å². The molecule has 0 spiro atoms. The van der Waals surface area contributed by atoms with Crippen LogP contribution in [0, 0.1) is 6.92 Å². The maximum absolute atomic E-state index is 10.7. The SMILES string of the molecule is Cc1cc(=O)[nH]c(CO)n1. The Kier molecular flexibility index (Phi) is 1.82. The predicted octanol–water partition coefficient (Wildman–Crippen LogP) is -0.429. The molecule has 1 aromatic rings. The summed E-state index contributed by atoms with van der Waals surface area (Å²) < 4.78 is 0. The van der Waals surface area contributed by atoms with Crippen molar-refractivity contribution in [3.63, 3.8) is 0 Å². The average molecular weight is 140 g/mol. The molecule has 0 saturated carbocycles. The first kappa shape index (κ1) is 6.95. The molecule has 0 aliphatic carbocycles. The number of rotatable bonds is 1. The fourth-order valence-corrected chi connectivity index (χ4v) is 0.716. The molecule has 10 heavy (non-hydrogen) atoms. The summed E-state index contributed by atoms with van der Waals surface area (Å²) in [7, 11) is 0. The monoisotopic (exact) mass is 140 g/mol. The van der Waals surface area contributed by atoms with Gasteiger partial charge in [-0.15, -0.1) is 0 Å². The molecule has 4 nitrogen and oxygen atoms in total. The molecule has 0 amide bonds. The van der Waals surface area contributed by atoms with Crippen molar-refractivity contribution >= 4 is 0 Å². The highest BCUT2D eigenvalue weighted by Gasteiger charge is 1.93. The van der Waals surface area contributed by atoms with Crippen molar-refractivity contribution < 1.29 is 5.11 Å². The molecule has 0 aliphatic rings. The molecule has 0 aromatic carbocycles. The minimum atomic E-state index is -0.225. The number of hydrogen-bond donors (Lipinski definition) is 2. The van der Waals surface area contributed by atoms with Gasteiger partial charge in [-0.3, -0.25) is 4.79 Å². The van der Waals surface area contributed by atoms with E-state index in [1.807, 2.05) is 0 Å². The van der Waals surface area contributed by atoms with Crippen LogP contribution in [0.25, 0.3) is 0 Å². The Morgan fingerprint density at radius 1 is 1.80 bits per heavy atom. The van der Waals surface area contributed by atoms with Gasteiger partial charge in [-0.25, -0.2) is 4.98 Å². The molecule has 1 rings (SSSR count). The van der Waals surface area contributed by atoms with E-state index in [2.05, 4.69) is 9.97 Å². The lowest BCUT2D eigenvalue weighted by Crippen LogP contribution is -2.10. The first-order valence-corrected chi connectivity index (χ1v) is 2.90. The number of aliphatic hydroxyl groups is 1. The predicted molar refractivity (Wildman–Crippen MR) is 35.5 cm³/mol. The smallest absolute Gasteiger partial charge is 0.251 e. The van der Waals surface area contributed by atoms with E-state index >= 15 is 0 Å². The van der Waals surface area contributed by atoms with Crippen LogP contribution in [0.5, 0.6) is 0 Å². The summed E-state index contributed by atoms with van der Waals surface area (Å²) in [6.07, 6.45) is 0. The topological polar surface area (TPSA) is 66.0 Å². The van der Waals surface area contributed by atoms with Crippen LogP contribution in [0.4, 0.5) is 0 Å². The van der Waals surface area contributed by atoms with Crippen molar-refractivity contribution in [2.75, 3.05) is 0 Å². The van der Waals surface area contributed by atoms with Gasteiger partial charge in [-0.2, -0.15) is 0 Å². The van der Waals surface area contributed by atoms with Crippen LogP contribution in [0.2, 0.25) is 0 Å². The third-order valence-electron chi connectivity index (χ3n) is 1.07. The van der Waals surface area contributed by atoms with Crippen LogP contribution in [-0.4, -0.2) is 15.1 Å². The zero-order valence-electron chi connectivity index (χ0n) is 5.59. The lowest BCUT2D eigenvalue weighted by molar-refractivity contribution is 0.270. The first-order valence-electron chi connectivity index (χ1n) is 2.90. The fourth-order valence-electron chi connectivity index (χ4n) is 0.716. The Balaban J connectivity index is 3.19. The molecule has 1 heterocycles. The molecule has 0 atom stereocenters. The van der Waals surface area contributed by atoms with Gasteiger partial charge >= 0.3 is 0 Å². The Bertz CT molecular complexity index is 279. The van der Waals surface area contributed by atoms with Crippen LogP contribution in [0.1, 0.15) is 11.5 Å². The lowest BCUT2D eigenvalue weighted by atomic mass is 10.4. The summed E-state index contributed by atoms with van der Waals surface area (Å²) in [6, 6.07) is 1.37. The molecule has 2 N–H and O–H groups in total.